The molecule has 0 radical (unpaired) electrons. The minimum Gasteiger partial charge on any atom is -0.372 e. The molecule has 0 saturated heterocycles. The number of hydrogen-bond donors (Lipinski definition) is 2. The zero-order valence-electron chi connectivity index (χ0n) is 15.7. The first-order chi connectivity index (χ1) is 13.6. The monoisotopic (exact) mass is 394 g/mol. The van der Waals surface area contributed by atoms with Crippen LogP contribution in [0.3, 0.4) is 0 Å². The van der Waals surface area contributed by atoms with E-state index < -0.39 is 0 Å². The van der Waals surface area contributed by atoms with Crippen molar-refractivity contribution < 1.29 is 9.13 Å². The van der Waals surface area contributed by atoms with Gasteiger partial charge in [0.1, 0.15) is 5.82 Å². The lowest BCUT2D eigenvalue weighted by Gasteiger charge is -2.11. The average molecular weight is 395 g/mol. The minimum atomic E-state index is -0.252. The van der Waals surface area contributed by atoms with Gasteiger partial charge >= 0.3 is 0 Å². The van der Waals surface area contributed by atoms with Gasteiger partial charge in [0.25, 0.3) is 0 Å². The number of ether oxygens (including phenoxy) is 1. The molecule has 5 heteroatoms. The molecular weight excluding hydrogens is 371 g/mol. The number of rotatable bonds is 7. The molecule has 3 nitrogen and oxygen atoms in total. The maximum absolute atomic E-state index is 13.6. The van der Waals surface area contributed by atoms with Gasteiger partial charge in [0, 0.05) is 12.2 Å². The summed E-state index contributed by atoms with van der Waals surface area (Å²) >= 11 is 5.28. The Balaban J connectivity index is 1.42. The van der Waals surface area contributed by atoms with Crippen LogP contribution in [0.1, 0.15) is 22.3 Å². The lowest BCUT2D eigenvalue weighted by atomic mass is 10.1. The first-order valence-electron chi connectivity index (χ1n) is 9.10. The van der Waals surface area contributed by atoms with Gasteiger partial charge in [0.2, 0.25) is 0 Å². The molecule has 0 aliphatic carbocycles. The van der Waals surface area contributed by atoms with Crippen molar-refractivity contribution in [1.29, 1.82) is 0 Å². The van der Waals surface area contributed by atoms with Gasteiger partial charge in [-0.3, -0.25) is 0 Å². The lowest BCUT2D eigenvalue weighted by molar-refractivity contribution is 0.107. The highest BCUT2D eigenvalue weighted by Crippen LogP contribution is 2.13. The Kier molecular flexibility index (Phi) is 7.12. The zero-order valence-corrected chi connectivity index (χ0v) is 16.6. The van der Waals surface area contributed by atoms with Crippen molar-refractivity contribution in [2.45, 2.75) is 26.7 Å². The van der Waals surface area contributed by atoms with Crippen LogP contribution in [0.4, 0.5) is 10.1 Å². The van der Waals surface area contributed by atoms with Crippen LogP contribution in [-0.2, 0) is 24.5 Å². The topological polar surface area (TPSA) is 33.3 Å². The fourth-order valence-corrected chi connectivity index (χ4v) is 2.83. The Bertz CT molecular complexity index is 914. The third kappa shape index (κ3) is 6.15. The molecular formula is C23H23FN2OS. The summed E-state index contributed by atoms with van der Waals surface area (Å²) in [6.07, 6.45) is 0. The average Bonchev–Trinajstić information content (AvgIpc) is 2.71. The Morgan fingerprint density at radius 2 is 1.54 bits per heavy atom. The Hall–Kier alpha value is -2.76. The van der Waals surface area contributed by atoms with E-state index in [1.54, 1.807) is 19.1 Å². The van der Waals surface area contributed by atoms with E-state index in [0.29, 0.717) is 36.1 Å². The molecule has 3 aromatic carbocycles. The molecule has 0 unspecified atom stereocenters. The second-order valence-corrected chi connectivity index (χ2v) is 6.97. The van der Waals surface area contributed by atoms with E-state index in [4.69, 9.17) is 17.0 Å². The van der Waals surface area contributed by atoms with Gasteiger partial charge in [-0.15, -0.1) is 0 Å². The number of nitrogens with one attached hydrogen (secondary N) is 2. The molecule has 144 valence electrons. The van der Waals surface area contributed by atoms with Crippen molar-refractivity contribution in [3.05, 3.63) is 101 Å². The SMILES string of the molecule is Cc1ccc(NC(=S)NCc2ccc(COCc3ccccc3)cc2)cc1F. The molecule has 0 atom stereocenters. The van der Waals surface area contributed by atoms with Crippen LogP contribution in [0.2, 0.25) is 0 Å². The van der Waals surface area contributed by atoms with Gasteiger partial charge in [-0.05, 0) is 53.5 Å². The van der Waals surface area contributed by atoms with E-state index in [1.165, 1.54) is 6.07 Å². The third-order valence-electron chi connectivity index (χ3n) is 4.29. The van der Waals surface area contributed by atoms with Crippen molar-refractivity contribution >= 4 is 23.0 Å². The molecule has 0 aliphatic rings. The first-order valence-corrected chi connectivity index (χ1v) is 9.51. The molecule has 0 bridgehead atoms. The summed E-state index contributed by atoms with van der Waals surface area (Å²) in [6.45, 7) is 3.49. The molecule has 0 aromatic heterocycles. The summed E-state index contributed by atoms with van der Waals surface area (Å²) < 4.78 is 19.3. The zero-order chi connectivity index (χ0) is 19.8. The summed E-state index contributed by atoms with van der Waals surface area (Å²) in [5, 5.41) is 6.58. The molecule has 0 fully saturated rings. The Labute approximate surface area is 170 Å². The van der Waals surface area contributed by atoms with E-state index in [-0.39, 0.29) is 5.82 Å². The molecule has 3 rings (SSSR count). The molecule has 0 spiro atoms. The second-order valence-electron chi connectivity index (χ2n) is 6.57. The number of anilines is 1. The molecule has 0 heterocycles. The van der Waals surface area contributed by atoms with Gasteiger partial charge in [0.05, 0.1) is 13.2 Å². The molecule has 28 heavy (non-hydrogen) atoms. The first kappa shape index (κ1) is 20.0. The van der Waals surface area contributed by atoms with Crippen LogP contribution in [0.5, 0.6) is 0 Å². The summed E-state index contributed by atoms with van der Waals surface area (Å²) in [5.41, 5.74) is 4.63. The quantitative estimate of drug-likeness (QED) is 0.530. The highest BCUT2D eigenvalue weighted by Gasteiger charge is 2.02. The van der Waals surface area contributed by atoms with Crippen LogP contribution < -0.4 is 10.6 Å². The molecule has 3 aromatic rings. The van der Waals surface area contributed by atoms with E-state index in [9.17, 15) is 4.39 Å². The fraction of sp³-hybridized carbons (Fsp3) is 0.174. The lowest BCUT2D eigenvalue weighted by Crippen LogP contribution is -2.27. The fourth-order valence-electron chi connectivity index (χ4n) is 2.64. The summed E-state index contributed by atoms with van der Waals surface area (Å²) in [7, 11) is 0. The van der Waals surface area contributed by atoms with Gasteiger partial charge in [0.15, 0.2) is 5.11 Å². The van der Waals surface area contributed by atoms with Crippen molar-refractivity contribution in [2.75, 3.05) is 5.32 Å². The highest BCUT2D eigenvalue weighted by molar-refractivity contribution is 7.80. The van der Waals surface area contributed by atoms with E-state index in [0.717, 1.165) is 16.7 Å². The van der Waals surface area contributed by atoms with Crippen LogP contribution in [0, 0.1) is 12.7 Å². The standard InChI is InChI=1S/C23H23FN2OS/c1-17-7-12-21(13-22(17)24)26-23(28)25-14-18-8-10-20(11-9-18)16-27-15-19-5-3-2-4-6-19/h2-13H,14-16H2,1H3,(H2,25,26,28). The molecule has 0 amide bonds. The van der Waals surface area contributed by atoms with E-state index in [2.05, 4.69) is 22.8 Å². The van der Waals surface area contributed by atoms with Gasteiger partial charge in [-0.25, -0.2) is 4.39 Å². The molecule has 0 aliphatic heterocycles. The van der Waals surface area contributed by atoms with Crippen molar-refractivity contribution in [3.63, 3.8) is 0 Å². The van der Waals surface area contributed by atoms with Crippen molar-refractivity contribution in [1.82, 2.24) is 5.32 Å². The normalized spacial score (nSPS) is 10.5. The van der Waals surface area contributed by atoms with Crippen LogP contribution in [0.25, 0.3) is 0 Å². The predicted octanol–water partition coefficient (Wildman–Crippen LogP) is 5.34. The van der Waals surface area contributed by atoms with Crippen LogP contribution in [-0.4, -0.2) is 5.11 Å². The maximum Gasteiger partial charge on any atom is 0.171 e. The predicted molar refractivity (Wildman–Crippen MR) is 116 cm³/mol. The van der Waals surface area contributed by atoms with Gasteiger partial charge in [-0.2, -0.15) is 0 Å². The van der Waals surface area contributed by atoms with Crippen molar-refractivity contribution in [3.8, 4) is 0 Å². The van der Waals surface area contributed by atoms with E-state index >= 15 is 0 Å². The number of halogens is 1. The van der Waals surface area contributed by atoms with Crippen molar-refractivity contribution in [2.24, 2.45) is 0 Å². The Morgan fingerprint density at radius 1 is 0.893 bits per heavy atom. The summed E-state index contributed by atoms with van der Waals surface area (Å²) in [5.74, 6) is -0.252. The van der Waals surface area contributed by atoms with Crippen LogP contribution in [0.15, 0.2) is 72.8 Å². The number of aryl methyl sites for hydroxylation is 1. The minimum absolute atomic E-state index is 0.252. The number of benzene rings is 3. The maximum atomic E-state index is 13.6. The summed E-state index contributed by atoms with van der Waals surface area (Å²) in [6, 6.07) is 23.3. The third-order valence-corrected chi connectivity index (χ3v) is 4.53. The largest absolute Gasteiger partial charge is 0.372 e. The Morgan fingerprint density at radius 3 is 2.21 bits per heavy atom. The second kappa shape index (κ2) is 9.97. The van der Waals surface area contributed by atoms with Gasteiger partial charge in [-0.1, -0.05) is 60.7 Å². The summed E-state index contributed by atoms with van der Waals surface area (Å²) in [4.78, 5) is 0. The molecule has 0 saturated carbocycles. The smallest absolute Gasteiger partial charge is 0.171 e. The highest BCUT2D eigenvalue weighted by atomic mass is 32.1. The number of thiocarbonyl (C=S) groups is 1. The van der Waals surface area contributed by atoms with Crippen LogP contribution >= 0.6 is 12.2 Å². The van der Waals surface area contributed by atoms with E-state index in [1.807, 2.05) is 42.5 Å². The number of hydrogen-bond acceptors (Lipinski definition) is 2. The molecule has 2 N–H and O–H groups in total. The van der Waals surface area contributed by atoms with Gasteiger partial charge < -0.3 is 15.4 Å².